The minimum atomic E-state index is -0.609. The van der Waals surface area contributed by atoms with Crippen molar-refractivity contribution in [2.24, 2.45) is 0 Å². The van der Waals surface area contributed by atoms with Gasteiger partial charge in [-0.05, 0) is 48.0 Å². The number of nitrogens with zero attached hydrogens (tertiary/aromatic N) is 3. The Balaban J connectivity index is 1.55. The number of hydrogen-bond acceptors (Lipinski definition) is 4. The zero-order valence-corrected chi connectivity index (χ0v) is 19.8. The van der Waals surface area contributed by atoms with Crippen LogP contribution in [-0.4, -0.2) is 60.3 Å². The molecular formula is C28H28F2N4O. The van der Waals surface area contributed by atoms with Crippen molar-refractivity contribution in [1.82, 2.24) is 20.0 Å². The molecule has 0 aliphatic carbocycles. The summed E-state index contributed by atoms with van der Waals surface area (Å²) in [6.45, 7) is 3.51. The van der Waals surface area contributed by atoms with E-state index < -0.39 is 11.6 Å². The number of likely N-dealkylation sites (N-methyl/N-ethyl adjacent to an activating group) is 1. The van der Waals surface area contributed by atoms with Crippen LogP contribution in [0, 0.1) is 11.6 Å². The van der Waals surface area contributed by atoms with Crippen molar-refractivity contribution in [3.8, 4) is 28.1 Å². The number of benzene rings is 3. The zero-order valence-electron chi connectivity index (χ0n) is 19.8. The summed E-state index contributed by atoms with van der Waals surface area (Å²) in [5.74, 6) is -0.404. The normalized spacial score (nSPS) is 15.8. The van der Waals surface area contributed by atoms with Crippen LogP contribution in [0.4, 0.5) is 8.78 Å². The predicted octanol–water partition coefficient (Wildman–Crippen LogP) is 5.37. The minimum absolute atomic E-state index is 0.0750. The molecule has 1 N–H and O–H groups in total. The van der Waals surface area contributed by atoms with Gasteiger partial charge in [0.2, 0.25) is 0 Å². The van der Waals surface area contributed by atoms with E-state index in [0.717, 1.165) is 54.2 Å². The summed E-state index contributed by atoms with van der Waals surface area (Å²) in [4.78, 5) is 4.64. The van der Waals surface area contributed by atoms with Gasteiger partial charge in [-0.25, -0.2) is 8.78 Å². The highest BCUT2D eigenvalue weighted by molar-refractivity contribution is 5.67. The summed E-state index contributed by atoms with van der Waals surface area (Å²) in [5.41, 5.74) is 4.28. The molecule has 0 radical (unpaired) electrons. The molecule has 180 valence electrons. The minimum Gasteiger partial charge on any atom is -0.497 e. The number of methoxy groups -OCH3 is 1. The molecule has 1 unspecified atom stereocenters. The fourth-order valence-electron chi connectivity index (χ4n) is 4.75. The Hall–Kier alpha value is -3.55. The second kappa shape index (κ2) is 9.98. The van der Waals surface area contributed by atoms with Crippen molar-refractivity contribution in [1.29, 1.82) is 0 Å². The van der Waals surface area contributed by atoms with Gasteiger partial charge in [0.1, 0.15) is 17.4 Å². The van der Waals surface area contributed by atoms with Crippen molar-refractivity contribution < 1.29 is 13.5 Å². The molecule has 7 heteroatoms. The Morgan fingerprint density at radius 1 is 0.857 bits per heavy atom. The Bertz CT molecular complexity index is 1260. The van der Waals surface area contributed by atoms with Gasteiger partial charge >= 0.3 is 0 Å². The quantitative estimate of drug-likeness (QED) is 0.408. The summed E-state index contributed by atoms with van der Waals surface area (Å²) in [7, 11) is 3.76. The third kappa shape index (κ3) is 4.70. The molecule has 1 aromatic heterocycles. The third-order valence-corrected chi connectivity index (χ3v) is 6.73. The number of hydrogen-bond donors (Lipinski definition) is 1. The molecule has 4 aromatic rings. The van der Waals surface area contributed by atoms with Crippen LogP contribution in [-0.2, 0) is 0 Å². The molecule has 0 saturated carbocycles. The van der Waals surface area contributed by atoms with E-state index in [4.69, 9.17) is 4.74 Å². The first-order valence-electron chi connectivity index (χ1n) is 11.7. The van der Waals surface area contributed by atoms with Crippen molar-refractivity contribution in [3.63, 3.8) is 0 Å². The van der Waals surface area contributed by atoms with Gasteiger partial charge < -0.3 is 9.64 Å². The van der Waals surface area contributed by atoms with Gasteiger partial charge in [0.15, 0.2) is 0 Å². The molecule has 1 fully saturated rings. The van der Waals surface area contributed by atoms with Crippen LogP contribution < -0.4 is 4.74 Å². The van der Waals surface area contributed by atoms with Crippen LogP contribution in [0.25, 0.3) is 22.4 Å². The zero-order chi connectivity index (χ0) is 24.4. The molecule has 0 bridgehead atoms. The largest absolute Gasteiger partial charge is 0.497 e. The van der Waals surface area contributed by atoms with Gasteiger partial charge in [-0.15, -0.1) is 0 Å². The Morgan fingerprint density at radius 3 is 2.06 bits per heavy atom. The lowest BCUT2D eigenvalue weighted by Crippen LogP contribution is -2.46. The van der Waals surface area contributed by atoms with Crippen molar-refractivity contribution in [2.45, 2.75) is 6.04 Å². The number of rotatable bonds is 6. The number of ether oxygens (including phenoxy) is 1. The SMILES string of the molecule is COc1ccc(-c2ccc(C(c3cn[nH]c3-c3c(F)cccc3F)N3CCN(C)CC3)cc2)cc1. The predicted molar refractivity (Wildman–Crippen MR) is 133 cm³/mol. The van der Waals surface area contributed by atoms with Gasteiger partial charge in [-0.1, -0.05) is 42.5 Å². The molecule has 2 heterocycles. The second-order valence-corrected chi connectivity index (χ2v) is 8.89. The topological polar surface area (TPSA) is 44.4 Å². The first-order chi connectivity index (χ1) is 17.0. The van der Waals surface area contributed by atoms with Crippen LogP contribution in [0.5, 0.6) is 5.75 Å². The Kier molecular flexibility index (Phi) is 6.61. The highest BCUT2D eigenvalue weighted by Gasteiger charge is 2.30. The molecule has 0 amide bonds. The maximum absolute atomic E-state index is 14.7. The lowest BCUT2D eigenvalue weighted by molar-refractivity contribution is 0.127. The highest BCUT2D eigenvalue weighted by atomic mass is 19.1. The smallest absolute Gasteiger partial charge is 0.135 e. The Morgan fingerprint density at radius 2 is 1.46 bits per heavy atom. The average molecular weight is 475 g/mol. The van der Waals surface area contributed by atoms with E-state index in [1.807, 2.05) is 24.3 Å². The monoisotopic (exact) mass is 474 g/mol. The number of piperazine rings is 1. The van der Waals surface area contributed by atoms with Crippen LogP contribution >= 0.6 is 0 Å². The van der Waals surface area contributed by atoms with Gasteiger partial charge in [0, 0.05) is 31.7 Å². The maximum Gasteiger partial charge on any atom is 0.135 e. The highest BCUT2D eigenvalue weighted by Crippen LogP contribution is 2.37. The first-order valence-corrected chi connectivity index (χ1v) is 11.7. The van der Waals surface area contributed by atoms with Crippen molar-refractivity contribution in [2.75, 3.05) is 40.3 Å². The molecular weight excluding hydrogens is 446 g/mol. The summed E-state index contributed by atoms with van der Waals surface area (Å²) >= 11 is 0. The average Bonchev–Trinajstić information content (AvgIpc) is 3.34. The second-order valence-electron chi connectivity index (χ2n) is 8.89. The van der Waals surface area contributed by atoms with E-state index in [1.165, 1.54) is 18.2 Å². The van der Waals surface area contributed by atoms with Crippen molar-refractivity contribution >= 4 is 0 Å². The molecule has 0 spiro atoms. The number of halogens is 2. The van der Waals surface area contributed by atoms with Gasteiger partial charge in [-0.2, -0.15) is 5.10 Å². The summed E-state index contributed by atoms with van der Waals surface area (Å²) in [6.07, 6.45) is 1.70. The molecule has 1 aliphatic heterocycles. The molecule has 5 rings (SSSR count). The van der Waals surface area contributed by atoms with Gasteiger partial charge in [-0.3, -0.25) is 10.00 Å². The van der Waals surface area contributed by atoms with Crippen LogP contribution in [0.3, 0.4) is 0 Å². The van der Waals surface area contributed by atoms with E-state index in [0.29, 0.717) is 5.69 Å². The molecule has 3 aromatic carbocycles. The fraction of sp³-hybridized carbons (Fsp3) is 0.250. The van der Waals surface area contributed by atoms with E-state index in [-0.39, 0.29) is 11.6 Å². The van der Waals surface area contributed by atoms with Crippen LogP contribution in [0.15, 0.2) is 72.9 Å². The van der Waals surface area contributed by atoms with Crippen molar-refractivity contribution in [3.05, 3.63) is 95.7 Å². The Labute approximate surface area is 204 Å². The maximum atomic E-state index is 14.7. The number of H-pyrrole nitrogens is 1. The van der Waals surface area contributed by atoms with Crippen LogP contribution in [0.1, 0.15) is 17.2 Å². The van der Waals surface area contributed by atoms with E-state index in [9.17, 15) is 8.78 Å². The standard InChI is InChI=1S/C28H28F2N4O/c1-33-14-16-34(17-15-33)28(23-18-31-32-27(23)26-24(29)4-3-5-25(26)30)21-8-6-19(7-9-21)20-10-12-22(35-2)13-11-20/h3-13,18,28H,14-17H2,1-2H3,(H,31,32). The van der Waals surface area contributed by atoms with E-state index in [1.54, 1.807) is 13.3 Å². The summed E-state index contributed by atoms with van der Waals surface area (Å²) in [6, 6.07) is 20.0. The van der Waals surface area contributed by atoms with Gasteiger partial charge in [0.05, 0.1) is 30.6 Å². The molecule has 1 atom stereocenters. The summed E-state index contributed by atoms with van der Waals surface area (Å²) < 4.78 is 34.7. The fourth-order valence-corrected chi connectivity index (χ4v) is 4.75. The van der Waals surface area contributed by atoms with E-state index >= 15 is 0 Å². The third-order valence-electron chi connectivity index (χ3n) is 6.73. The summed E-state index contributed by atoms with van der Waals surface area (Å²) in [5, 5.41) is 7.08. The number of aromatic amines is 1. The molecule has 5 nitrogen and oxygen atoms in total. The molecule has 1 saturated heterocycles. The lowest BCUT2D eigenvalue weighted by atomic mass is 9.92. The first kappa shape index (κ1) is 23.2. The van der Waals surface area contributed by atoms with E-state index in [2.05, 4.69) is 51.3 Å². The van der Waals surface area contributed by atoms with Gasteiger partial charge in [0.25, 0.3) is 0 Å². The molecule has 1 aliphatic rings. The number of aromatic nitrogens is 2. The molecule has 35 heavy (non-hydrogen) atoms. The lowest BCUT2D eigenvalue weighted by Gasteiger charge is -2.38. The number of nitrogens with one attached hydrogen (secondary N) is 1. The van der Waals surface area contributed by atoms with Crippen LogP contribution in [0.2, 0.25) is 0 Å².